The van der Waals surface area contributed by atoms with Crippen LogP contribution in [0.2, 0.25) is 0 Å². The quantitative estimate of drug-likeness (QED) is 0.126. The first-order valence-corrected chi connectivity index (χ1v) is 32.1. The number of anilines is 6. The number of nitrogens with zero attached hydrogens (tertiary/aromatic N) is 2. The van der Waals surface area contributed by atoms with Crippen LogP contribution in [0, 0.1) is 0 Å². The molecule has 0 aliphatic rings. The van der Waals surface area contributed by atoms with Crippen molar-refractivity contribution in [3.8, 4) is 44.5 Å². The molecule has 0 aliphatic carbocycles. The molecule has 98 heavy (non-hydrogen) atoms. The third-order valence-corrected chi connectivity index (χ3v) is 18.2. The average Bonchev–Trinajstić information content (AvgIpc) is 0.717. The highest BCUT2D eigenvalue weighted by atomic mass is 15.1. The standard InChI is InChI=1S/C50H33N.C46H31N/c1-4-16-41-34(12-1)15-11-23-42(41)35-24-28-39(29-25-35)51(50-33-38-14-3-6-18-44(38)46-20-9-10-22-48(46)50)40-30-26-36(27-31-40)49-32-37-13-2-5-17-43(37)45-19-7-8-21-47(45)49;1-2-12-32(13-3-1)33-22-26-37(27-23-33)47(46-31-36-15-5-7-17-40(36)42-19-10-11-21-44(42)46)38-28-24-34(25-29-38)45-30-35-14-4-6-16-39(35)41-18-8-9-20-43(41)45/h1-33H;1-31H/i24D,25D,26D,27D,28D,29D,30D,31D;1D,2D,3D,12D,13D,22D,23D,24D,25D,26D,27D,28D,29D. The fourth-order valence-electron chi connectivity index (χ4n) is 13.7. The van der Waals surface area contributed by atoms with Gasteiger partial charge >= 0.3 is 0 Å². The molecule has 0 heterocycles. The molecule has 0 radical (unpaired) electrons. The van der Waals surface area contributed by atoms with Crippen LogP contribution in [0.4, 0.5) is 34.1 Å². The second-order valence-corrected chi connectivity index (χ2v) is 23.8. The number of hydrogen-bond acceptors (Lipinski definition) is 2. The molecule has 458 valence electrons. The minimum atomic E-state index is -0.728. The van der Waals surface area contributed by atoms with Crippen molar-refractivity contribution in [3.05, 3.63) is 388 Å². The number of benzene rings is 19. The van der Waals surface area contributed by atoms with Gasteiger partial charge in [0.1, 0.15) is 0 Å². The largest absolute Gasteiger partial charge is 0.310 e. The zero-order valence-corrected chi connectivity index (χ0v) is 52.2. The van der Waals surface area contributed by atoms with E-state index in [2.05, 4.69) is 0 Å². The van der Waals surface area contributed by atoms with Gasteiger partial charge in [-0.3, -0.25) is 0 Å². The molecule has 0 saturated heterocycles. The lowest BCUT2D eigenvalue weighted by molar-refractivity contribution is 1.30. The average molecular weight is 1270 g/mol. The minimum Gasteiger partial charge on any atom is -0.310 e. The molecule has 0 spiro atoms. The van der Waals surface area contributed by atoms with E-state index in [9.17, 15) is 21.9 Å². The van der Waals surface area contributed by atoms with Gasteiger partial charge in [-0.1, -0.05) is 315 Å². The van der Waals surface area contributed by atoms with Crippen LogP contribution in [0.25, 0.3) is 141 Å². The maximum Gasteiger partial charge on any atom is 0.0645 e. The fraction of sp³-hybridized carbons (Fsp3) is 0. The van der Waals surface area contributed by atoms with E-state index in [0.717, 1.165) is 75.4 Å². The maximum atomic E-state index is 9.76. The summed E-state index contributed by atoms with van der Waals surface area (Å²) >= 11 is 0. The van der Waals surface area contributed by atoms with E-state index in [1.165, 1.54) is 9.80 Å². The molecule has 0 amide bonds. The molecule has 0 atom stereocenters. The molecule has 19 rings (SSSR count). The van der Waals surface area contributed by atoms with Gasteiger partial charge in [0, 0.05) is 33.5 Å². The third kappa shape index (κ3) is 10.4. The lowest BCUT2D eigenvalue weighted by Crippen LogP contribution is -2.10. The van der Waals surface area contributed by atoms with Crippen molar-refractivity contribution < 1.29 is 28.8 Å². The molecule has 0 fully saturated rings. The lowest BCUT2D eigenvalue weighted by atomic mass is 9.93. The van der Waals surface area contributed by atoms with Crippen molar-refractivity contribution in [2.45, 2.75) is 0 Å². The Hall–Kier alpha value is -12.9. The third-order valence-electron chi connectivity index (χ3n) is 18.2. The van der Waals surface area contributed by atoms with Crippen molar-refractivity contribution in [3.63, 3.8) is 0 Å². The Labute approximate surface area is 599 Å². The Morgan fingerprint density at radius 2 is 0.439 bits per heavy atom. The molecule has 0 aromatic heterocycles. The molecule has 0 aliphatic heterocycles. The summed E-state index contributed by atoms with van der Waals surface area (Å²) in [6, 6.07) is 70.7. The van der Waals surface area contributed by atoms with E-state index in [1.54, 1.807) is 24.3 Å². The Kier molecular flexibility index (Phi) is 10.1. The summed E-state index contributed by atoms with van der Waals surface area (Å²) in [6.07, 6.45) is 0. The van der Waals surface area contributed by atoms with Crippen LogP contribution < -0.4 is 9.80 Å². The van der Waals surface area contributed by atoms with Gasteiger partial charge in [-0.2, -0.15) is 0 Å². The number of rotatable bonds is 10. The second-order valence-electron chi connectivity index (χ2n) is 23.8. The molecule has 2 nitrogen and oxygen atoms in total. The predicted octanol–water partition coefficient (Wildman–Crippen LogP) is 27.4. The Bertz CT molecular complexity index is 7470. The molecule has 19 aromatic carbocycles. The van der Waals surface area contributed by atoms with Crippen LogP contribution in [0.1, 0.15) is 28.8 Å². The first-order valence-electron chi connectivity index (χ1n) is 42.6. The number of hydrogen-bond donors (Lipinski definition) is 0. The highest BCUT2D eigenvalue weighted by Crippen LogP contribution is 2.47. The first-order chi connectivity index (χ1) is 57.4. The van der Waals surface area contributed by atoms with E-state index in [4.69, 9.17) is 6.85 Å². The maximum absolute atomic E-state index is 9.76. The summed E-state index contributed by atoms with van der Waals surface area (Å²) in [5, 5.41) is 14.7. The fourth-order valence-corrected chi connectivity index (χ4v) is 13.7. The van der Waals surface area contributed by atoms with Gasteiger partial charge in [0.2, 0.25) is 0 Å². The van der Waals surface area contributed by atoms with E-state index in [1.807, 2.05) is 237 Å². The molecule has 0 bridgehead atoms. The van der Waals surface area contributed by atoms with E-state index in [0.29, 0.717) is 43.9 Å². The van der Waals surface area contributed by atoms with Crippen molar-refractivity contribution >= 4 is 131 Å². The smallest absolute Gasteiger partial charge is 0.0645 e. The normalized spacial score (nSPS) is 14.5. The van der Waals surface area contributed by atoms with Crippen LogP contribution in [0.15, 0.2) is 388 Å². The minimum absolute atomic E-state index is 0.0371. The van der Waals surface area contributed by atoms with Crippen molar-refractivity contribution in [2.24, 2.45) is 0 Å². The molecular formula is C96H64N2. The molecular weight excluding hydrogens is 1180 g/mol. The molecule has 0 unspecified atom stereocenters. The summed E-state index contributed by atoms with van der Waals surface area (Å²) in [6.45, 7) is 0. The van der Waals surface area contributed by atoms with Gasteiger partial charge in [-0.05, 0) is 203 Å². The molecule has 19 aromatic rings. The number of fused-ring (bicyclic) bond motifs is 13. The van der Waals surface area contributed by atoms with Crippen molar-refractivity contribution in [1.82, 2.24) is 0 Å². The predicted molar refractivity (Wildman–Crippen MR) is 422 cm³/mol. The molecule has 0 N–H and O–H groups in total. The van der Waals surface area contributed by atoms with Gasteiger partial charge in [-0.25, -0.2) is 0 Å². The van der Waals surface area contributed by atoms with Crippen LogP contribution in [-0.2, 0) is 0 Å². The lowest BCUT2D eigenvalue weighted by Gasteiger charge is -2.28. The van der Waals surface area contributed by atoms with Crippen molar-refractivity contribution in [1.29, 1.82) is 0 Å². The van der Waals surface area contributed by atoms with Gasteiger partial charge in [0.25, 0.3) is 0 Å². The summed E-state index contributed by atoms with van der Waals surface area (Å²) < 4.78 is 195. The van der Waals surface area contributed by atoms with Crippen molar-refractivity contribution in [2.75, 3.05) is 9.80 Å². The van der Waals surface area contributed by atoms with E-state index >= 15 is 0 Å². The summed E-state index contributed by atoms with van der Waals surface area (Å²) in [5.74, 6) is 0. The van der Waals surface area contributed by atoms with Gasteiger partial charge in [-0.15, -0.1) is 0 Å². The molecule has 2 heteroatoms. The van der Waals surface area contributed by atoms with Crippen LogP contribution >= 0.6 is 0 Å². The zero-order valence-electron chi connectivity index (χ0n) is 73.2. The Balaban J connectivity index is 0.000000164. The molecule has 0 saturated carbocycles. The van der Waals surface area contributed by atoms with Crippen LogP contribution in [-0.4, -0.2) is 0 Å². The summed E-state index contributed by atoms with van der Waals surface area (Å²) in [7, 11) is 0. The van der Waals surface area contributed by atoms with E-state index < -0.39 is 95.4 Å². The monoisotopic (exact) mass is 1270 g/mol. The zero-order chi connectivity index (χ0) is 83.2. The van der Waals surface area contributed by atoms with Crippen LogP contribution in [0.3, 0.4) is 0 Å². The Morgan fingerprint density at radius 3 is 0.827 bits per heavy atom. The SMILES string of the molecule is [2H]c1c([2H])c(N(c2c([2H])c([2H])c(-c3cc4ccccc4c4ccccc34)c([2H])c2[2H])c2cc3ccccc3c3ccccc23)c([2H])c([2H])c1-c1cccc2ccccc12.[2H]c1c([2H])c([2H])c(-c2c([2H])c([2H])c(N(c3c([2H])c([2H])c(-c4cc5ccccc5c5ccccc45)c([2H])c3[2H])c3cc4ccccc4c4ccccc34)c([2H])c2[2H])c([2H])c1[2H]. The van der Waals surface area contributed by atoms with Gasteiger partial charge in [0.15, 0.2) is 0 Å². The van der Waals surface area contributed by atoms with Gasteiger partial charge < -0.3 is 9.80 Å². The second kappa shape index (κ2) is 24.8. The Morgan fingerprint density at radius 1 is 0.173 bits per heavy atom. The summed E-state index contributed by atoms with van der Waals surface area (Å²) in [4.78, 5) is 2.66. The van der Waals surface area contributed by atoms with Crippen LogP contribution in [0.5, 0.6) is 0 Å². The first kappa shape index (κ1) is 39.7. The van der Waals surface area contributed by atoms with E-state index in [-0.39, 0.29) is 87.8 Å². The van der Waals surface area contributed by atoms with Gasteiger partial charge in [0.05, 0.1) is 40.2 Å². The summed E-state index contributed by atoms with van der Waals surface area (Å²) in [5.41, 5.74) is 0.326. The topological polar surface area (TPSA) is 6.48 Å². The highest BCUT2D eigenvalue weighted by molar-refractivity contribution is 6.18. The highest BCUT2D eigenvalue weighted by Gasteiger charge is 2.21.